The third-order valence-electron chi connectivity index (χ3n) is 10.4. The van der Waals surface area contributed by atoms with Crippen LogP contribution in [-0.4, -0.2) is 70.1 Å². The molecule has 1 amide bonds. The molecule has 2 saturated carbocycles. The fourth-order valence-electron chi connectivity index (χ4n) is 8.57. The van der Waals surface area contributed by atoms with Crippen molar-refractivity contribution >= 4 is 21.8 Å². The first-order chi connectivity index (χ1) is 16.9. The Morgan fingerprint density at radius 2 is 1.74 bits per heavy atom. The molecule has 2 aliphatic carbocycles. The Morgan fingerprint density at radius 3 is 2.43 bits per heavy atom. The van der Waals surface area contributed by atoms with Gasteiger partial charge in [0.1, 0.15) is 0 Å². The van der Waals surface area contributed by atoms with Gasteiger partial charge in [0.15, 0.2) is 0 Å². The summed E-state index contributed by atoms with van der Waals surface area (Å²) >= 11 is 3.87. The van der Waals surface area contributed by atoms with E-state index in [1.165, 1.54) is 38.5 Å². The highest BCUT2D eigenvalue weighted by Gasteiger charge is 2.53. The number of piperidine rings is 1. The number of alkyl halides is 1. The summed E-state index contributed by atoms with van der Waals surface area (Å²) < 4.78 is 0. The fraction of sp³-hybridized carbons (Fsp3) is 0.964. The van der Waals surface area contributed by atoms with Crippen molar-refractivity contribution in [1.29, 1.82) is 0 Å². The number of nitrogens with zero attached hydrogens (tertiary/aromatic N) is 2. The lowest BCUT2D eigenvalue weighted by atomic mass is 9.75. The molecule has 7 heteroatoms. The SMILES string of the molecule is CCCC1NN(C2CCC(C(C)C)CC2)C2CCN(C(=O)C3CCC(Br)C4NCNC34)C(CC)C12. The molecule has 0 spiro atoms. The van der Waals surface area contributed by atoms with E-state index in [1.807, 2.05) is 0 Å². The molecular weight excluding hydrogens is 502 g/mol. The number of nitrogens with one attached hydrogen (secondary N) is 3. The molecule has 0 aromatic rings. The van der Waals surface area contributed by atoms with Gasteiger partial charge in [0.2, 0.25) is 5.91 Å². The maximum Gasteiger partial charge on any atom is 0.227 e. The summed E-state index contributed by atoms with van der Waals surface area (Å²) in [6, 6.07) is 2.74. The molecule has 0 aromatic carbocycles. The lowest BCUT2D eigenvalue weighted by Gasteiger charge is -2.48. The lowest BCUT2D eigenvalue weighted by Crippen LogP contribution is -2.61. The Balaban J connectivity index is 1.32. The first kappa shape index (κ1) is 26.4. The number of rotatable bonds is 6. The van der Waals surface area contributed by atoms with Crippen molar-refractivity contribution in [3.63, 3.8) is 0 Å². The molecule has 0 bridgehead atoms. The second-order valence-corrected chi connectivity index (χ2v) is 13.7. The van der Waals surface area contributed by atoms with Crippen LogP contribution in [0.25, 0.3) is 0 Å². The number of halogens is 1. The predicted octanol–water partition coefficient (Wildman–Crippen LogP) is 4.25. The Kier molecular flexibility index (Phi) is 8.50. The molecule has 8 atom stereocenters. The van der Waals surface area contributed by atoms with Crippen molar-refractivity contribution in [2.75, 3.05) is 13.2 Å². The van der Waals surface area contributed by atoms with Crippen LogP contribution in [0.4, 0.5) is 0 Å². The summed E-state index contributed by atoms with van der Waals surface area (Å²) in [7, 11) is 0. The topological polar surface area (TPSA) is 59.6 Å². The van der Waals surface area contributed by atoms with Crippen molar-refractivity contribution < 1.29 is 4.79 Å². The first-order valence-corrected chi connectivity index (χ1v) is 15.8. The maximum atomic E-state index is 14.1. The van der Waals surface area contributed by atoms with Gasteiger partial charge in [0.25, 0.3) is 0 Å². The van der Waals surface area contributed by atoms with Crippen LogP contribution in [0.2, 0.25) is 0 Å². The minimum atomic E-state index is 0.107. The smallest absolute Gasteiger partial charge is 0.227 e. The van der Waals surface area contributed by atoms with Gasteiger partial charge in [-0.1, -0.05) is 50.0 Å². The van der Waals surface area contributed by atoms with Crippen LogP contribution in [0, 0.1) is 23.7 Å². The Morgan fingerprint density at radius 1 is 1.00 bits per heavy atom. The molecule has 3 N–H and O–H groups in total. The minimum absolute atomic E-state index is 0.107. The van der Waals surface area contributed by atoms with Gasteiger partial charge in [-0.05, 0) is 69.6 Å². The quantitative estimate of drug-likeness (QED) is 0.431. The molecule has 0 radical (unpaired) electrons. The highest BCUT2D eigenvalue weighted by molar-refractivity contribution is 9.09. The molecule has 3 heterocycles. The summed E-state index contributed by atoms with van der Waals surface area (Å²) in [4.78, 5) is 16.9. The van der Waals surface area contributed by atoms with E-state index in [4.69, 9.17) is 0 Å². The van der Waals surface area contributed by atoms with Crippen molar-refractivity contribution in [1.82, 2.24) is 26.0 Å². The number of carbonyl (C=O) groups is 1. The second-order valence-electron chi connectivity index (χ2n) is 12.5. The molecule has 8 unspecified atom stereocenters. The monoisotopic (exact) mass is 551 g/mol. The summed E-state index contributed by atoms with van der Waals surface area (Å²) in [6.45, 7) is 11.2. The second kappa shape index (κ2) is 11.3. The standard InChI is InChI=1S/C28H50BrN5O/c1-5-7-22-25-23(6-2)33(28(35)20-12-13-21(29)27-26(20)30-16-31-27)15-14-24(25)34(32-22)19-10-8-18(9-11-19)17(3)4/h17-27,30-32H,5-16H2,1-4H3. The number of hydrogen-bond donors (Lipinski definition) is 3. The zero-order valence-corrected chi connectivity index (χ0v) is 24.1. The molecule has 6 nitrogen and oxygen atoms in total. The van der Waals surface area contributed by atoms with Crippen LogP contribution in [0.3, 0.4) is 0 Å². The molecule has 5 rings (SSSR count). The van der Waals surface area contributed by atoms with Gasteiger partial charge in [-0.2, -0.15) is 0 Å². The molecule has 0 aromatic heterocycles. The number of hydrazine groups is 1. The maximum absolute atomic E-state index is 14.1. The van der Waals surface area contributed by atoms with E-state index in [-0.39, 0.29) is 12.0 Å². The normalized spacial score (nSPS) is 44.5. The number of carbonyl (C=O) groups excluding carboxylic acids is 1. The van der Waals surface area contributed by atoms with Gasteiger partial charge >= 0.3 is 0 Å². The van der Waals surface area contributed by atoms with Crippen molar-refractivity contribution in [3.05, 3.63) is 0 Å². The van der Waals surface area contributed by atoms with Gasteiger partial charge in [0.05, 0.1) is 5.92 Å². The van der Waals surface area contributed by atoms with Crippen molar-refractivity contribution in [2.45, 2.75) is 133 Å². The van der Waals surface area contributed by atoms with E-state index in [9.17, 15) is 4.79 Å². The van der Waals surface area contributed by atoms with Gasteiger partial charge in [0, 0.05) is 60.2 Å². The Labute approximate surface area is 222 Å². The third-order valence-corrected chi connectivity index (χ3v) is 11.5. The van der Waals surface area contributed by atoms with E-state index >= 15 is 0 Å². The van der Waals surface area contributed by atoms with Gasteiger partial charge in [-0.15, -0.1) is 0 Å². The number of fused-ring (bicyclic) bond motifs is 2. The summed E-state index contributed by atoms with van der Waals surface area (Å²) in [5.41, 5.74) is 4.06. The van der Waals surface area contributed by atoms with E-state index in [0.717, 1.165) is 50.7 Å². The highest BCUT2D eigenvalue weighted by atomic mass is 79.9. The Bertz CT molecular complexity index is 728. The fourth-order valence-corrected chi connectivity index (χ4v) is 9.35. The number of amides is 1. The van der Waals surface area contributed by atoms with Gasteiger partial charge < -0.3 is 4.90 Å². The average Bonchev–Trinajstić information content (AvgIpc) is 3.50. The molecular formula is C28H50BrN5O. The molecule has 35 heavy (non-hydrogen) atoms. The Hall–Kier alpha value is -0.210. The highest BCUT2D eigenvalue weighted by Crippen LogP contribution is 2.43. The number of hydrogen-bond acceptors (Lipinski definition) is 5. The van der Waals surface area contributed by atoms with Crippen LogP contribution in [0.5, 0.6) is 0 Å². The average molecular weight is 553 g/mol. The first-order valence-electron chi connectivity index (χ1n) is 14.9. The third kappa shape index (κ3) is 4.98. The van der Waals surface area contributed by atoms with E-state index in [2.05, 4.69) is 69.6 Å². The molecule has 3 saturated heterocycles. The minimum Gasteiger partial charge on any atom is -0.339 e. The summed E-state index contributed by atoms with van der Waals surface area (Å²) in [5.74, 6) is 2.79. The predicted molar refractivity (Wildman–Crippen MR) is 146 cm³/mol. The molecule has 3 aliphatic heterocycles. The summed E-state index contributed by atoms with van der Waals surface area (Å²) in [6.07, 6.45) is 12.1. The zero-order chi connectivity index (χ0) is 24.7. The van der Waals surface area contributed by atoms with E-state index < -0.39 is 0 Å². The van der Waals surface area contributed by atoms with Crippen LogP contribution >= 0.6 is 15.9 Å². The van der Waals surface area contributed by atoms with Crippen LogP contribution in [0.15, 0.2) is 0 Å². The lowest BCUT2D eigenvalue weighted by molar-refractivity contribution is -0.144. The number of likely N-dealkylation sites (tertiary alicyclic amines) is 1. The van der Waals surface area contributed by atoms with Gasteiger partial charge in [-0.25, -0.2) is 5.01 Å². The molecule has 5 aliphatic rings. The van der Waals surface area contributed by atoms with Gasteiger partial charge in [-0.3, -0.25) is 20.9 Å². The van der Waals surface area contributed by atoms with E-state index in [0.29, 0.717) is 46.9 Å². The van der Waals surface area contributed by atoms with E-state index in [1.54, 1.807) is 0 Å². The largest absolute Gasteiger partial charge is 0.339 e. The zero-order valence-electron chi connectivity index (χ0n) is 22.5. The van der Waals surface area contributed by atoms with Crippen LogP contribution in [-0.2, 0) is 4.79 Å². The van der Waals surface area contributed by atoms with Crippen molar-refractivity contribution in [3.8, 4) is 0 Å². The summed E-state index contributed by atoms with van der Waals surface area (Å²) in [5, 5.41) is 9.93. The van der Waals surface area contributed by atoms with Crippen LogP contribution < -0.4 is 16.1 Å². The van der Waals surface area contributed by atoms with Crippen molar-refractivity contribution in [2.24, 2.45) is 23.7 Å². The molecule has 5 fully saturated rings. The van der Waals surface area contributed by atoms with Crippen LogP contribution in [0.1, 0.15) is 91.9 Å². The molecule has 200 valence electrons.